The molecule has 0 aromatic heterocycles. The molecule has 2 N–H and O–H groups in total. The lowest BCUT2D eigenvalue weighted by molar-refractivity contribution is 0.133. The Morgan fingerprint density at radius 1 is 1.27 bits per heavy atom. The van der Waals surface area contributed by atoms with Crippen molar-refractivity contribution in [1.82, 2.24) is 5.48 Å². The highest BCUT2D eigenvalue weighted by Gasteiger charge is 2.06. The van der Waals surface area contributed by atoms with E-state index in [-0.39, 0.29) is 6.04 Å². The van der Waals surface area contributed by atoms with Crippen molar-refractivity contribution in [2.75, 3.05) is 14.2 Å². The predicted octanol–water partition coefficient (Wildman–Crippen LogP) is 1.61. The SMILES string of the molecule is COc1ccc(CC(C)NO)cc1OC. The number of benzene rings is 1. The van der Waals surface area contributed by atoms with Crippen LogP contribution in [0.5, 0.6) is 11.5 Å². The summed E-state index contributed by atoms with van der Waals surface area (Å²) in [6.45, 7) is 1.90. The highest BCUT2D eigenvalue weighted by molar-refractivity contribution is 5.43. The average Bonchev–Trinajstić information content (AvgIpc) is 2.28. The third kappa shape index (κ3) is 3.11. The summed E-state index contributed by atoms with van der Waals surface area (Å²) in [5, 5.41) is 8.72. The van der Waals surface area contributed by atoms with Crippen LogP contribution in [0, 0.1) is 0 Å². The van der Waals surface area contributed by atoms with Gasteiger partial charge < -0.3 is 14.7 Å². The molecule has 0 aliphatic heterocycles. The fraction of sp³-hybridized carbons (Fsp3) is 0.455. The van der Waals surface area contributed by atoms with Crippen LogP contribution in [-0.2, 0) is 6.42 Å². The van der Waals surface area contributed by atoms with E-state index in [2.05, 4.69) is 5.48 Å². The highest BCUT2D eigenvalue weighted by atomic mass is 16.5. The van der Waals surface area contributed by atoms with Crippen LogP contribution in [0.3, 0.4) is 0 Å². The van der Waals surface area contributed by atoms with Gasteiger partial charge in [-0.2, -0.15) is 0 Å². The van der Waals surface area contributed by atoms with E-state index < -0.39 is 0 Å². The van der Waals surface area contributed by atoms with Crippen molar-refractivity contribution in [3.63, 3.8) is 0 Å². The molecule has 0 aliphatic rings. The van der Waals surface area contributed by atoms with Gasteiger partial charge in [0.1, 0.15) is 0 Å². The number of ether oxygens (including phenoxy) is 2. The molecule has 0 saturated carbocycles. The summed E-state index contributed by atoms with van der Waals surface area (Å²) >= 11 is 0. The van der Waals surface area contributed by atoms with E-state index in [0.29, 0.717) is 11.5 Å². The molecule has 0 saturated heterocycles. The van der Waals surface area contributed by atoms with Gasteiger partial charge in [0.15, 0.2) is 11.5 Å². The maximum atomic E-state index is 8.72. The lowest BCUT2D eigenvalue weighted by atomic mass is 10.1. The minimum atomic E-state index is 0.0168. The van der Waals surface area contributed by atoms with Crippen molar-refractivity contribution in [1.29, 1.82) is 0 Å². The van der Waals surface area contributed by atoms with Gasteiger partial charge in [-0.25, -0.2) is 5.48 Å². The largest absolute Gasteiger partial charge is 0.493 e. The predicted molar refractivity (Wildman–Crippen MR) is 57.6 cm³/mol. The molecule has 1 rings (SSSR count). The number of rotatable bonds is 5. The second-order valence-electron chi connectivity index (χ2n) is 3.42. The topological polar surface area (TPSA) is 50.7 Å². The first-order valence-corrected chi connectivity index (χ1v) is 4.81. The summed E-state index contributed by atoms with van der Waals surface area (Å²) in [5.41, 5.74) is 3.29. The zero-order valence-electron chi connectivity index (χ0n) is 9.28. The Balaban J connectivity index is 2.83. The van der Waals surface area contributed by atoms with Gasteiger partial charge in [0.25, 0.3) is 0 Å². The van der Waals surface area contributed by atoms with Crippen LogP contribution < -0.4 is 15.0 Å². The van der Waals surface area contributed by atoms with Gasteiger partial charge in [-0.1, -0.05) is 6.07 Å². The smallest absolute Gasteiger partial charge is 0.160 e. The summed E-state index contributed by atoms with van der Waals surface area (Å²) in [4.78, 5) is 0. The molecule has 1 aromatic carbocycles. The summed E-state index contributed by atoms with van der Waals surface area (Å²) in [5.74, 6) is 1.42. The van der Waals surface area contributed by atoms with E-state index in [4.69, 9.17) is 14.7 Å². The quantitative estimate of drug-likeness (QED) is 0.726. The molecule has 4 heteroatoms. The second kappa shape index (κ2) is 5.58. The Bertz CT molecular complexity index is 315. The van der Waals surface area contributed by atoms with Crippen molar-refractivity contribution < 1.29 is 14.7 Å². The fourth-order valence-corrected chi connectivity index (χ4v) is 1.41. The van der Waals surface area contributed by atoms with Crippen molar-refractivity contribution in [3.8, 4) is 11.5 Å². The van der Waals surface area contributed by atoms with E-state index in [1.807, 2.05) is 25.1 Å². The minimum absolute atomic E-state index is 0.0168. The molecule has 15 heavy (non-hydrogen) atoms. The first-order chi connectivity index (χ1) is 7.21. The number of methoxy groups -OCH3 is 2. The third-order valence-electron chi connectivity index (χ3n) is 2.21. The van der Waals surface area contributed by atoms with E-state index in [1.165, 1.54) is 0 Å². The van der Waals surface area contributed by atoms with Crippen molar-refractivity contribution in [3.05, 3.63) is 23.8 Å². The molecule has 1 aromatic rings. The maximum absolute atomic E-state index is 8.72. The fourth-order valence-electron chi connectivity index (χ4n) is 1.41. The number of hydrogen-bond donors (Lipinski definition) is 2. The standard InChI is InChI=1S/C11H17NO3/c1-8(12-13)6-9-4-5-10(14-2)11(7-9)15-3/h4-5,7-8,12-13H,6H2,1-3H3. The summed E-state index contributed by atoms with van der Waals surface area (Å²) in [6.07, 6.45) is 0.733. The number of hydrogen-bond acceptors (Lipinski definition) is 4. The van der Waals surface area contributed by atoms with Gasteiger partial charge in [0, 0.05) is 6.04 Å². The molecule has 0 fully saturated rings. The van der Waals surface area contributed by atoms with Crippen LogP contribution in [-0.4, -0.2) is 25.5 Å². The van der Waals surface area contributed by atoms with Gasteiger partial charge in [-0.05, 0) is 31.0 Å². The zero-order chi connectivity index (χ0) is 11.3. The normalized spacial score (nSPS) is 12.3. The van der Waals surface area contributed by atoms with Gasteiger partial charge >= 0.3 is 0 Å². The van der Waals surface area contributed by atoms with Crippen LogP contribution >= 0.6 is 0 Å². The van der Waals surface area contributed by atoms with Gasteiger partial charge in [-0.3, -0.25) is 0 Å². The Hall–Kier alpha value is -1.26. The lowest BCUT2D eigenvalue weighted by Crippen LogP contribution is -2.24. The van der Waals surface area contributed by atoms with Crippen LogP contribution in [0.2, 0.25) is 0 Å². The van der Waals surface area contributed by atoms with Crippen molar-refractivity contribution >= 4 is 0 Å². The molecular formula is C11H17NO3. The molecule has 0 spiro atoms. The molecule has 0 aliphatic carbocycles. The maximum Gasteiger partial charge on any atom is 0.160 e. The molecule has 1 atom stereocenters. The zero-order valence-corrected chi connectivity index (χ0v) is 9.28. The summed E-state index contributed by atoms with van der Waals surface area (Å²) in [7, 11) is 3.21. The minimum Gasteiger partial charge on any atom is -0.493 e. The van der Waals surface area contributed by atoms with E-state index in [0.717, 1.165) is 12.0 Å². The summed E-state index contributed by atoms with van der Waals surface area (Å²) in [6, 6.07) is 5.74. The Morgan fingerprint density at radius 3 is 2.47 bits per heavy atom. The molecule has 0 radical (unpaired) electrons. The number of hydroxylamine groups is 1. The Kier molecular flexibility index (Phi) is 4.39. The molecule has 0 bridgehead atoms. The lowest BCUT2D eigenvalue weighted by Gasteiger charge is -2.12. The molecule has 84 valence electrons. The number of nitrogens with one attached hydrogen (secondary N) is 1. The average molecular weight is 211 g/mol. The van der Waals surface area contributed by atoms with Crippen LogP contribution in [0.25, 0.3) is 0 Å². The molecule has 4 nitrogen and oxygen atoms in total. The monoisotopic (exact) mass is 211 g/mol. The van der Waals surface area contributed by atoms with Crippen molar-refractivity contribution in [2.24, 2.45) is 0 Å². The highest BCUT2D eigenvalue weighted by Crippen LogP contribution is 2.27. The first-order valence-electron chi connectivity index (χ1n) is 4.81. The Labute approximate surface area is 89.8 Å². The molecule has 0 heterocycles. The molecule has 0 amide bonds. The molecular weight excluding hydrogens is 194 g/mol. The Morgan fingerprint density at radius 2 is 1.93 bits per heavy atom. The van der Waals surface area contributed by atoms with E-state index in [9.17, 15) is 0 Å². The van der Waals surface area contributed by atoms with Crippen LogP contribution in [0.4, 0.5) is 0 Å². The van der Waals surface area contributed by atoms with Crippen LogP contribution in [0.15, 0.2) is 18.2 Å². The second-order valence-corrected chi connectivity index (χ2v) is 3.42. The van der Waals surface area contributed by atoms with Gasteiger partial charge in [0.2, 0.25) is 0 Å². The van der Waals surface area contributed by atoms with Gasteiger partial charge in [0.05, 0.1) is 14.2 Å². The van der Waals surface area contributed by atoms with Crippen molar-refractivity contribution in [2.45, 2.75) is 19.4 Å². The van der Waals surface area contributed by atoms with Gasteiger partial charge in [-0.15, -0.1) is 0 Å². The third-order valence-corrected chi connectivity index (χ3v) is 2.21. The molecule has 1 unspecified atom stereocenters. The van der Waals surface area contributed by atoms with E-state index >= 15 is 0 Å². The first kappa shape index (κ1) is 11.8. The van der Waals surface area contributed by atoms with Crippen LogP contribution in [0.1, 0.15) is 12.5 Å². The van der Waals surface area contributed by atoms with E-state index in [1.54, 1.807) is 14.2 Å². The summed E-state index contributed by atoms with van der Waals surface area (Å²) < 4.78 is 10.3.